The summed E-state index contributed by atoms with van der Waals surface area (Å²) in [5.41, 5.74) is 1.25. The number of aromatic nitrogens is 3. The van der Waals surface area contributed by atoms with E-state index in [1.807, 2.05) is 38.1 Å². The number of carbonyl (C=O) groups excluding carboxylic acids is 1. The van der Waals surface area contributed by atoms with Gasteiger partial charge in [0.05, 0.1) is 17.4 Å². The standard InChI is InChI=1S/C19H18F3N5O/c1-12-10-13(26(2)3)8-9-15(12)23-18(28)16-11-27(25-24-16)17-7-5-4-6-14(17)19(20,21)22/h4-11H,1-3H3,(H,23,28). The van der Waals surface area contributed by atoms with E-state index in [1.165, 1.54) is 24.4 Å². The normalized spacial score (nSPS) is 11.4. The Kier molecular flexibility index (Phi) is 5.08. The molecule has 3 aromatic rings. The largest absolute Gasteiger partial charge is 0.418 e. The maximum atomic E-state index is 13.2. The predicted molar refractivity (Wildman–Crippen MR) is 99.8 cm³/mol. The van der Waals surface area contributed by atoms with Gasteiger partial charge in [-0.1, -0.05) is 17.3 Å². The number of amides is 1. The van der Waals surface area contributed by atoms with Crippen molar-refractivity contribution < 1.29 is 18.0 Å². The molecule has 0 aliphatic heterocycles. The maximum absolute atomic E-state index is 13.2. The molecule has 0 spiro atoms. The molecule has 9 heteroatoms. The molecule has 146 valence electrons. The lowest BCUT2D eigenvalue weighted by atomic mass is 10.1. The van der Waals surface area contributed by atoms with E-state index in [-0.39, 0.29) is 11.4 Å². The Balaban J connectivity index is 1.84. The van der Waals surface area contributed by atoms with Crippen LogP contribution >= 0.6 is 0 Å². The van der Waals surface area contributed by atoms with E-state index in [1.54, 1.807) is 6.07 Å². The molecule has 0 radical (unpaired) electrons. The molecule has 1 N–H and O–H groups in total. The average molecular weight is 389 g/mol. The van der Waals surface area contributed by atoms with Crippen LogP contribution in [0.1, 0.15) is 21.6 Å². The summed E-state index contributed by atoms with van der Waals surface area (Å²) in [7, 11) is 3.81. The molecule has 3 rings (SSSR count). The number of nitrogens with zero attached hydrogens (tertiary/aromatic N) is 4. The van der Waals surface area contributed by atoms with E-state index in [2.05, 4.69) is 15.6 Å². The van der Waals surface area contributed by atoms with Crippen molar-refractivity contribution in [2.75, 3.05) is 24.3 Å². The number of hydrogen-bond donors (Lipinski definition) is 1. The monoisotopic (exact) mass is 389 g/mol. The number of benzene rings is 2. The van der Waals surface area contributed by atoms with Crippen molar-refractivity contribution in [3.05, 3.63) is 65.5 Å². The first kappa shape index (κ1) is 19.4. The van der Waals surface area contributed by atoms with Crippen molar-refractivity contribution >= 4 is 17.3 Å². The minimum Gasteiger partial charge on any atom is -0.378 e. The van der Waals surface area contributed by atoms with E-state index in [9.17, 15) is 18.0 Å². The molecule has 28 heavy (non-hydrogen) atoms. The van der Waals surface area contributed by atoms with Crippen molar-refractivity contribution in [2.45, 2.75) is 13.1 Å². The van der Waals surface area contributed by atoms with Crippen LogP contribution in [0.3, 0.4) is 0 Å². The number of carbonyl (C=O) groups is 1. The zero-order valence-corrected chi connectivity index (χ0v) is 15.4. The summed E-state index contributed by atoms with van der Waals surface area (Å²) >= 11 is 0. The smallest absolute Gasteiger partial charge is 0.378 e. The molecule has 0 bridgehead atoms. The SMILES string of the molecule is Cc1cc(N(C)C)ccc1NC(=O)c1cn(-c2ccccc2C(F)(F)F)nn1. The van der Waals surface area contributed by atoms with E-state index >= 15 is 0 Å². The third-order valence-electron chi connectivity index (χ3n) is 4.16. The fourth-order valence-corrected chi connectivity index (χ4v) is 2.65. The molecule has 0 aliphatic carbocycles. The topological polar surface area (TPSA) is 63.1 Å². The van der Waals surface area contributed by atoms with Gasteiger partial charge in [-0.25, -0.2) is 4.68 Å². The highest BCUT2D eigenvalue weighted by atomic mass is 19.4. The van der Waals surface area contributed by atoms with Crippen LogP contribution in [-0.2, 0) is 6.18 Å². The number of nitrogens with one attached hydrogen (secondary N) is 1. The van der Waals surface area contributed by atoms with Gasteiger partial charge in [0.25, 0.3) is 5.91 Å². The van der Waals surface area contributed by atoms with Crippen molar-refractivity contribution in [3.8, 4) is 5.69 Å². The number of aryl methyl sites for hydroxylation is 1. The minimum atomic E-state index is -4.55. The highest BCUT2D eigenvalue weighted by Gasteiger charge is 2.34. The summed E-state index contributed by atoms with van der Waals surface area (Å²) in [6.45, 7) is 1.85. The van der Waals surface area contributed by atoms with Gasteiger partial charge in [0.2, 0.25) is 0 Å². The fourth-order valence-electron chi connectivity index (χ4n) is 2.65. The lowest BCUT2D eigenvalue weighted by molar-refractivity contribution is -0.137. The van der Waals surface area contributed by atoms with Gasteiger partial charge in [-0.3, -0.25) is 4.79 Å². The molecule has 1 aromatic heterocycles. The van der Waals surface area contributed by atoms with Crippen LogP contribution in [-0.4, -0.2) is 35.0 Å². The summed E-state index contributed by atoms with van der Waals surface area (Å²) in [5, 5.41) is 10.1. The first-order chi connectivity index (χ1) is 13.2. The number of alkyl halides is 3. The second kappa shape index (κ2) is 7.34. The molecule has 0 saturated carbocycles. The van der Waals surface area contributed by atoms with Crippen molar-refractivity contribution in [2.24, 2.45) is 0 Å². The Morgan fingerprint density at radius 3 is 2.50 bits per heavy atom. The van der Waals surface area contributed by atoms with Crippen LogP contribution < -0.4 is 10.2 Å². The van der Waals surface area contributed by atoms with Crippen LogP contribution in [0.4, 0.5) is 24.5 Å². The Hall–Kier alpha value is -3.36. The van der Waals surface area contributed by atoms with Crippen molar-refractivity contribution in [1.29, 1.82) is 0 Å². The van der Waals surface area contributed by atoms with Gasteiger partial charge in [-0.2, -0.15) is 13.2 Å². The number of hydrogen-bond acceptors (Lipinski definition) is 4. The maximum Gasteiger partial charge on any atom is 0.418 e. The molecule has 0 fully saturated rings. The summed E-state index contributed by atoms with van der Waals surface area (Å²) in [6.07, 6.45) is -3.38. The van der Waals surface area contributed by atoms with Crippen LogP contribution in [0.5, 0.6) is 0 Å². The van der Waals surface area contributed by atoms with Crippen LogP contribution in [0.2, 0.25) is 0 Å². The molecule has 0 atom stereocenters. The quantitative estimate of drug-likeness (QED) is 0.735. The van der Waals surface area contributed by atoms with Crippen molar-refractivity contribution in [1.82, 2.24) is 15.0 Å². The molecule has 2 aromatic carbocycles. The summed E-state index contributed by atoms with van der Waals surface area (Å²) in [5.74, 6) is -0.559. The fraction of sp³-hybridized carbons (Fsp3) is 0.211. The van der Waals surface area contributed by atoms with Crippen LogP contribution in [0, 0.1) is 6.92 Å². The van der Waals surface area contributed by atoms with Gasteiger partial charge < -0.3 is 10.2 Å². The van der Waals surface area contributed by atoms with Gasteiger partial charge in [0.1, 0.15) is 0 Å². The minimum absolute atomic E-state index is 0.0898. The van der Waals surface area contributed by atoms with Crippen molar-refractivity contribution in [3.63, 3.8) is 0 Å². The summed E-state index contributed by atoms with van der Waals surface area (Å²) < 4.78 is 40.5. The Labute approximate surface area is 159 Å². The van der Waals surface area contributed by atoms with Gasteiger partial charge in [0, 0.05) is 25.5 Å². The van der Waals surface area contributed by atoms with Gasteiger partial charge >= 0.3 is 6.18 Å². The van der Waals surface area contributed by atoms with E-state index in [0.717, 1.165) is 22.0 Å². The highest BCUT2D eigenvalue weighted by molar-refractivity contribution is 6.03. The summed E-state index contributed by atoms with van der Waals surface area (Å²) in [4.78, 5) is 14.4. The van der Waals surface area contributed by atoms with Gasteiger partial charge in [-0.15, -0.1) is 5.10 Å². The van der Waals surface area contributed by atoms with E-state index in [0.29, 0.717) is 5.69 Å². The lowest BCUT2D eigenvalue weighted by Gasteiger charge is -2.15. The molecular formula is C19H18F3N5O. The molecule has 0 unspecified atom stereocenters. The predicted octanol–water partition coefficient (Wildman–Crippen LogP) is 3.91. The molecule has 0 saturated heterocycles. The molecule has 0 aliphatic rings. The second-order valence-corrected chi connectivity index (χ2v) is 6.41. The third-order valence-corrected chi connectivity index (χ3v) is 4.16. The Morgan fingerprint density at radius 1 is 1.14 bits per heavy atom. The second-order valence-electron chi connectivity index (χ2n) is 6.41. The Bertz CT molecular complexity index is 1010. The van der Waals surface area contributed by atoms with Crippen LogP contribution in [0.25, 0.3) is 5.69 Å². The number of anilines is 2. The number of para-hydroxylation sites is 1. The van der Waals surface area contributed by atoms with E-state index < -0.39 is 17.6 Å². The van der Waals surface area contributed by atoms with Gasteiger partial charge in [0.15, 0.2) is 5.69 Å². The number of halogens is 3. The lowest BCUT2D eigenvalue weighted by Crippen LogP contribution is -2.14. The molecular weight excluding hydrogens is 371 g/mol. The average Bonchev–Trinajstić information content (AvgIpc) is 3.12. The van der Waals surface area contributed by atoms with Crippen LogP contribution in [0.15, 0.2) is 48.7 Å². The number of rotatable bonds is 4. The first-order valence-corrected chi connectivity index (χ1v) is 8.35. The summed E-state index contributed by atoms with van der Waals surface area (Å²) in [6, 6.07) is 10.5. The Morgan fingerprint density at radius 2 is 1.86 bits per heavy atom. The van der Waals surface area contributed by atoms with Gasteiger partial charge in [-0.05, 0) is 42.8 Å². The molecule has 1 amide bonds. The third kappa shape index (κ3) is 3.98. The molecule has 1 heterocycles. The van der Waals surface area contributed by atoms with E-state index in [4.69, 9.17) is 0 Å². The first-order valence-electron chi connectivity index (χ1n) is 8.35. The zero-order chi connectivity index (χ0) is 20.5. The highest BCUT2D eigenvalue weighted by Crippen LogP contribution is 2.33. The molecule has 6 nitrogen and oxygen atoms in total. The zero-order valence-electron chi connectivity index (χ0n) is 15.4.